The number of nitrogens with zero attached hydrogens (tertiary/aromatic N) is 1. The Bertz CT molecular complexity index is 882. The molecule has 2 aromatic carbocycles. The van der Waals surface area contributed by atoms with Crippen molar-refractivity contribution in [2.24, 2.45) is 0 Å². The summed E-state index contributed by atoms with van der Waals surface area (Å²) in [5, 5.41) is 4.70. The quantitative estimate of drug-likeness (QED) is 0.722. The maximum Gasteiger partial charge on any atom is 0.260 e. The molecule has 0 aliphatic carbocycles. The number of hydrogen-bond acceptors (Lipinski definition) is 3. The van der Waals surface area contributed by atoms with Crippen LogP contribution in [0.5, 0.6) is 0 Å². The average molecular weight is 351 g/mol. The third-order valence-electron chi connectivity index (χ3n) is 3.02. The number of halogens is 3. The summed E-state index contributed by atoms with van der Waals surface area (Å²) >= 11 is 6.82. The number of carbonyl (C=O) groups is 1. The second-order valence-electron chi connectivity index (χ2n) is 4.63. The first kappa shape index (κ1) is 15.6. The molecule has 1 heterocycles. The number of amides is 1. The van der Waals surface area contributed by atoms with Crippen molar-refractivity contribution in [3.63, 3.8) is 0 Å². The molecule has 0 atom stereocenters. The molecule has 0 spiro atoms. The monoisotopic (exact) mass is 350 g/mol. The molecule has 0 radical (unpaired) electrons. The summed E-state index contributed by atoms with van der Waals surface area (Å²) in [6, 6.07) is 9.76. The van der Waals surface area contributed by atoms with Gasteiger partial charge in [0.25, 0.3) is 5.91 Å². The Balaban J connectivity index is 1.80. The van der Waals surface area contributed by atoms with E-state index in [2.05, 4.69) is 10.3 Å². The van der Waals surface area contributed by atoms with Crippen LogP contribution in [0.2, 0.25) is 5.02 Å². The number of rotatable bonds is 3. The van der Waals surface area contributed by atoms with E-state index in [1.807, 2.05) is 0 Å². The molecule has 3 rings (SSSR count). The van der Waals surface area contributed by atoms with E-state index in [4.69, 9.17) is 11.6 Å². The Kier molecular flexibility index (Phi) is 4.36. The highest BCUT2D eigenvalue weighted by Gasteiger charge is 2.14. The summed E-state index contributed by atoms with van der Waals surface area (Å²) in [4.78, 5) is 16.3. The molecular formula is C16H9ClF2N2OS. The van der Waals surface area contributed by atoms with Gasteiger partial charge in [0.05, 0.1) is 11.3 Å². The Labute approximate surface area is 139 Å². The Morgan fingerprint density at radius 3 is 2.74 bits per heavy atom. The molecule has 1 amide bonds. The number of thiazole rings is 1. The van der Waals surface area contributed by atoms with E-state index in [9.17, 15) is 13.6 Å². The Morgan fingerprint density at radius 1 is 1.17 bits per heavy atom. The summed E-state index contributed by atoms with van der Waals surface area (Å²) in [7, 11) is 0. The average Bonchev–Trinajstić information content (AvgIpc) is 2.95. The smallest absolute Gasteiger partial charge is 0.260 e. The number of aromatic nitrogens is 1. The van der Waals surface area contributed by atoms with Crippen molar-refractivity contribution in [2.45, 2.75) is 0 Å². The van der Waals surface area contributed by atoms with Crippen LogP contribution in [0.1, 0.15) is 10.4 Å². The number of anilines is 1. The van der Waals surface area contributed by atoms with Crippen LogP contribution in [0, 0.1) is 11.6 Å². The van der Waals surface area contributed by atoms with Gasteiger partial charge < -0.3 is 0 Å². The Morgan fingerprint density at radius 2 is 2.00 bits per heavy atom. The number of benzene rings is 2. The van der Waals surface area contributed by atoms with Crippen LogP contribution in [0.25, 0.3) is 11.3 Å². The second kappa shape index (κ2) is 6.44. The molecule has 3 aromatic rings. The van der Waals surface area contributed by atoms with Crippen molar-refractivity contribution >= 4 is 34.0 Å². The minimum atomic E-state index is -0.711. The van der Waals surface area contributed by atoms with E-state index in [0.717, 1.165) is 6.07 Å². The SMILES string of the molecule is O=C(Nc1nc(-c2cccc(F)c2)cs1)c1ccc(Cl)cc1F. The van der Waals surface area contributed by atoms with E-state index in [0.29, 0.717) is 16.4 Å². The van der Waals surface area contributed by atoms with Crippen molar-refractivity contribution in [1.82, 2.24) is 4.98 Å². The fourth-order valence-corrected chi connectivity index (χ4v) is 2.82. The van der Waals surface area contributed by atoms with Gasteiger partial charge in [-0.15, -0.1) is 11.3 Å². The fraction of sp³-hybridized carbons (Fsp3) is 0. The third-order valence-corrected chi connectivity index (χ3v) is 4.01. The van der Waals surface area contributed by atoms with Gasteiger partial charge >= 0.3 is 0 Å². The summed E-state index contributed by atoms with van der Waals surface area (Å²) in [6.07, 6.45) is 0. The molecule has 0 saturated carbocycles. The lowest BCUT2D eigenvalue weighted by atomic mass is 10.2. The standard InChI is InChI=1S/C16H9ClF2N2OS/c17-10-4-5-12(13(19)7-10)15(22)21-16-20-14(8-23-16)9-2-1-3-11(18)6-9/h1-8H,(H,20,21,22). The molecule has 7 heteroatoms. The Hall–Kier alpha value is -2.31. The molecule has 0 aliphatic heterocycles. The lowest BCUT2D eigenvalue weighted by Crippen LogP contribution is -2.13. The normalized spacial score (nSPS) is 10.6. The van der Waals surface area contributed by atoms with E-state index in [-0.39, 0.29) is 16.4 Å². The van der Waals surface area contributed by atoms with Gasteiger partial charge in [0.1, 0.15) is 11.6 Å². The van der Waals surface area contributed by atoms with Crippen molar-refractivity contribution < 1.29 is 13.6 Å². The van der Waals surface area contributed by atoms with E-state index < -0.39 is 11.7 Å². The first-order valence-electron chi connectivity index (χ1n) is 6.51. The molecule has 0 unspecified atom stereocenters. The topological polar surface area (TPSA) is 42.0 Å². The van der Waals surface area contributed by atoms with Crippen molar-refractivity contribution in [2.75, 3.05) is 5.32 Å². The van der Waals surface area contributed by atoms with Gasteiger partial charge in [-0.25, -0.2) is 13.8 Å². The van der Waals surface area contributed by atoms with Crippen molar-refractivity contribution in [1.29, 1.82) is 0 Å². The first-order chi connectivity index (χ1) is 11.0. The van der Waals surface area contributed by atoms with Gasteiger partial charge in [-0.05, 0) is 30.3 Å². The molecule has 1 N–H and O–H groups in total. The van der Waals surface area contributed by atoms with E-state index >= 15 is 0 Å². The van der Waals surface area contributed by atoms with Gasteiger partial charge in [0, 0.05) is 16.0 Å². The van der Waals surface area contributed by atoms with Gasteiger partial charge in [0.2, 0.25) is 0 Å². The lowest BCUT2D eigenvalue weighted by Gasteiger charge is -2.03. The molecule has 0 saturated heterocycles. The summed E-state index contributed by atoms with van der Waals surface area (Å²) < 4.78 is 26.9. The summed E-state index contributed by atoms with van der Waals surface area (Å²) in [5.41, 5.74) is 0.998. The lowest BCUT2D eigenvalue weighted by molar-refractivity contribution is 0.102. The predicted molar refractivity (Wildman–Crippen MR) is 86.9 cm³/mol. The molecule has 3 nitrogen and oxygen atoms in total. The van der Waals surface area contributed by atoms with Gasteiger partial charge in [-0.3, -0.25) is 10.1 Å². The van der Waals surface area contributed by atoms with Crippen LogP contribution in [0.15, 0.2) is 47.8 Å². The van der Waals surface area contributed by atoms with Crippen LogP contribution in [-0.4, -0.2) is 10.9 Å². The number of carbonyl (C=O) groups excluding carboxylic acids is 1. The molecular weight excluding hydrogens is 342 g/mol. The van der Waals surface area contributed by atoms with Crippen LogP contribution in [0.4, 0.5) is 13.9 Å². The minimum Gasteiger partial charge on any atom is -0.298 e. The van der Waals surface area contributed by atoms with Crippen LogP contribution < -0.4 is 5.32 Å². The zero-order valence-corrected chi connectivity index (χ0v) is 13.1. The second-order valence-corrected chi connectivity index (χ2v) is 5.92. The first-order valence-corrected chi connectivity index (χ1v) is 7.76. The van der Waals surface area contributed by atoms with Crippen molar-refractivity contribution in [3.05, 3.63) is 70.1 Å². The number of hydrogen-bond donors (Lipinski definition) is 1. The van der Waals surface area contributed by atoms with Crippen molar-refractivity contribution in [3.8, 4) is 11.3 Å². The molecule has 0 aliphatic rings. The minimum absolute atomic E-state index is 0.128. The largest absolute Gasteiger partial charge is 0.298 e. The van der Waals surface area contributed by atoms with E-state index in [1.165, 1.54) is 35.6 Å². The third kappa shape index (κ3) is 3.55. The van der Waals surface area contributed by atoms with E-state index in [1.54, 1.807) is 17.5 Å². The molecule has 0 bridgehead atoms. The predicted octanol–water partition coefficient (Wildman–Crippen LogP) is 4.99. The molecule has 23 heavy (non-hydrogen) atoms. The molecule has 116 valence electrons. The van der Waals surface area contributed by atoms with Gasteiger partial charge in [0.15, 0.2) is 5.13 Å². The summed E-state index contributed by atoms with van der Waals surface area (Å²) in [5.74, 6) is -1.71. The highest BCUT2D eigenvalue weighted by atomic mass is 35.5. The maximum atomic E-state index is 13.7. The van der Waals surface area contributed by atoms with Gasteiger partial charge in [-0.1, -0.05) is 23.7 Å². The van der Waals surface area contributed by atoms with Crippen LogP contribution in [0.3, 0.4) is 0 Å². The fourth-order valence-electron chi connectivity index (χ4n) is 1.95. The number of nitrogens with one attached hydrogen (secondary N) is 1. The van der Waals surface area contributed by atoms with Crippen LogP contribution >= 0.6 is 22.9 Å². The molecule has 0 fully saturated rings. The zero-order chi connectivity index (χ0) is 16.4. The highest BCUT2D eigenvalue weighted by molar-refractivity contribution is 7.14. The summed E-state index contributed by atoms with van der Waals surface area (Å²) in [6.45, 7) is 0. The highest BCUT2D eigenvalue weighted by Crippen LogP contribution is 2.26. The zero-order valence-electron chi connectivity index (χ0n) is 11.5. The van der Waals surface area contributed by atoms with Gasteiger partial charge in [-0.2, -0.15) is 0 Å². The van der Waals surface area contributed by atoms with Crippen LogP contribution in [-0.2, 0) is 0 Å². The maximum absolute atomic E-state index is 13.7. The molecule has 1 aromatic heterocycles.